The fourth-order valence-corrected chi connectivity index (χ4v) is 10.3. The van der Waals surface area contributed by atoms with Crippen molar-refractivity contribution in [2.24, 2.45) is 0 Å². The molecule has 0 saturated carbocycles. The van der Waals surface area contributed by atoms with E-state index in [4.69, 9.17) is 4.74 Å². The smallest absolute Gasteiger partial charge is 0.305 e. The van der Waals surface area contributed by atoms with Gasteiger partial charge in [0, 0.05) is 12.8 Å². The minimum absolute atomic E-state index is 0.00956. The zero-order chi connectivity index (χ0) is 53.6. The highest BCUT2D eigenvalue weighted by atomic mass is 16.5. The minimum atomic E-state index is -0.854. The van der Waals surface area contributed by atoms with E-state index in [1.54, 1.807) is 6.08 Å². The molecule has 6 heteroatoms. The van der Waals surface area contributed by atoms with Crippen LogP contribution in [0.5, 0.6) is 0 Å². The lowest BCUT2D eigenvalue weighted by Crippen LogP contribution is -2.45. The number of rotatable bonds is 62. The van der Waals surface area contributed by atoms with Crippen molar-refractivity contribution in [3.8, 4) is 0 Å². The molecule has 0 aromatic heterocycles. The Kier molecular flexibility index (Phi) is 62.0. The number of aliphatic hydroxyl groups excluding tert-OH is 2. The van der Waals surface area contributed by atoms with Gasteiger partial charge in [-0.25, -0.2) is 0 Å². The van der Waals surface area contributed by atoms with Crippen molar-refractivity contribution in [2.45, 2.75) is 373 Å². The molecule has 0 heterocycles. The highest BCUT2D eigenvalue weighted by Gasteiger charge is 2.18. The number of carbonyl (C=O) groups excluding carboxylic acids is 2. The Morgan fingerprint density at radius 1 is 0.365 bits per heavy atom. The van der Waals surface area contributed by atoms with Crippen LogP contribution in [0.3, 0.4) is 0 Å². The van der Waals surface area contributed by atoms with Gasteiger partial charge in [0.05, 0.1) is 25.4 Å². The highest BCUT2D eigenvalue weighted by molar-refractivity contribution is 5.76. The van der Waals surface area contributed by atoms with E-state index in [1.165, 1.54) is 276 Å². The number of carbonyl (C=O) groups is 2. The highest BCUT2D eigenvalue weighted by Crippen LogP contribution is 2.18. The summed E-state index contributed by atoms with van der Waals surface area (Å²) in [5.41, 5.74) is 0. The number of unbranched alkanes of at least 4 members (excludes halogenated alkanes) is 47. The molecule has 74 heavy (non-hydrogen) atoms. The summed E-state index contributed by atoms with van der Waals surface area (Å²) >= 11 is 0. The van der Waals surface area contributed by atoms with E-state index >= 15 is 0 Å². The van der Waals surface area contributed by atoms with Gasteiger partial charge in [0.1, 0.15) is 0 Å². The lowest BCUT2D eigenvalue weighted by Gasteiger charge is -2.20. The maximum Gasteiger partial charge on any atom is 0.305 e. The van der Waals surface area contributed by atoms with Crippen molar-refractivity contribution >= 4 is 11.9 Å². The van der Waals surface area contributed by atoms with E-state index in [9.17, 15) is 19.8 Å². The maximum atomic E-state index is 12.5. The molecule has 0 aliphatic rings. The molecule has 2 atom stereocenters. The van der Waals surface area contributed by atoms with E-state index in [2.05, 4.69) is 43.5 Å². The zero-order valence-electron chi connectivity index (χ0n) is 49.8. The summed E-state index contributed by atoms with van der Waals surface area (Å²) in [6, 6.07) is -0.639. The Hall–Kier alpha value is -1.92. The van der Waals surface area contributed by atoms with Crippen molar-refractivity contribution in [3.63, 3.8) is 0 Å². The van der Waals surface area contributed by atoms with Crippen molar-refractivity contribution in [1.29, 1.82) is 0 Å². The Balaban J connectivity index is 3.48. The van der Waals surface area contributed by atoms with Crippen LogP contribution in [-0.2, 0) is 14.3 Å². The first-order valence-corrected chi connectivity index (χ1v) is 33.3. The van der Waals surface area contributed by atoms with Crippen molar-refractivity contribution in [1.82, 2.24) is 5.32 Å². The second kappa shape index (κ2) is 63.6. The Morgan fingerprint density at radius 3 is 0.959 bits per heavy atom. The summed E-state index contributed by atoms with van der Waals surface area (Å²) in [6.45, 7) is 4.90. The quantitative estimate of drug-likeness (QED) is 0.0320. The van der Waals surface area contributed by atoms with Crippen molar-refractivity contribution < 1.29 is 24.5 Å². The summed E-state index contributed by atoms with van der Waals surface area (Å²) in [6.07, 6.45) is 80.5. The third kappa shape index (κ3) is 59.3. The molecule has 6 nitrogen and oxygen atoms in total. The number of amides is 1. The van der Waals surface area contributed by atoms with Gasteiger partial charge >= 0.3 is 5.97 Å². The molecule has 0 fully saturated rings. The molecular weight excluding hydrogens is 911 g/mol. The summed E-state index contributed by atoms with van der Waals surface area (Å²) in [4.78, 5) is 24.6. The van der Waals surface area contributed by atoms with Crippen LogP contribution in [0.15, 0.2) is 36.5 Å². The fraction of sp³-hybridized carbons (Fsp3) is 0.882. The molecular formula is C68H129NO5. The molecule has 436 valence electrons. The van der Waals surface area contributed by atoms with Gasteiger partial charge in [-0.3, -0.25) is 9.59 Å². The second-order valence-corrected chi connectivity index (χ2v) is 22.8. The first-order valence-electron chi connectivity index (χ1n) is 33.3. The lowest BCUT2D eigenvalue weighted by molar-refractivity contribution is -0.143. The van der Waals surface area contributed by atoms with Crippen molar-refractivity contribution in [3.05, 3.63) is 36.5 Å². The Morgan fingerprint density at radius 2 is 0.635 bits per heavy atom. The van der Waals surface area contributed by atoms with Crippen LogP contribution < -0.4 is 5.32 Å². The standard InChI is InChI=1S/C68H129NO5/c1-3-5-7-9-11-13-15-17-19-21-22-23-24-25-26-27-29-32-36-40-44-48-52-56-60-66(71)65(64-70)69-67(72)61-57-53-49-45-41-37-33-30-28-31-35-39-43-47-51-55-59-63-74-68(73)62-58-54-50-46-42-38-34-20-18-16-14-12-10-8-6-4-2/h20,28,31,34,56,60,65-66,70-71H,3-19,21-27,29-30,32-33,35-55,57-59,61-64H2,1-2H3,(H,69,72)/b31-28-,34-20-,60-56+. The average molecular weight is 1040 g/mol. The average Bonchev–Trinajstić information content (AvgIpc) is 3.40. The van der Waals surface area contributed by atoms with Crippen LogP contribution in [-0.4, -0.2) is 47.4 Å². The number of hydrogen-bond acceptors (Lipinski definition) is 5. The molecule has 0 aromatic carbocycles. The van der Waals surface area contributed by atoms with Gasteiger partial charge in [-0.1, -0.05) is 301 Å². The lowest BCUT2D eigenvalue weighted by atomic mass is 10.0. The third-order valence-corrected chi connectivity index (χ3v) is 15.4. The molecule has 0 saturated heterocycles. The van der Waals surface area contributed by atoms with Crippen LogP contribution in [0.4, 0.5) is 0 Å². The van der Waals surface area contributed by atoms with Gasteiger partial charge < -0.3 is 20.3 Å². The van der Waals surface area contributed by atoms with Crippen LogP contribution >= 0.6 is 0 Å². The fourth-order valence-electron chi connectivity index (χ4n) is 10.3. The maximum absolute atomic E-state index is 12.5. The van der Waals surface area contributed by atoms with Crippen LogP contribution in [0.1, 0.15) is 361 Å². The molecule has 0 aliphatic carbocycles. The molecule has 0 bridgehead atoms. The minimum Gasteiger partial charge on any atom is -0.466 e. The van der Waals surface area contributed by atoms with Crippen LogP contribution in [0, 0.1) is 0 Å². The van der Waals surface area contributed by atoms with E-state index in [-0.39, 0.29) is 18.5 Å². The number of hydrogen-bond donors (Lipinski definition) is 3. The third-order valence-electron chi connectivity index (χ3n) is 15.4. The number of nitrogens with one attached hydrogen (secondary N) is 1. The van der Waals surface area contributed by atoms with E-state index in [1.807, 2.05) is 6.08 Å². The van der Waals surface area contributed by atoms with Crippen LogP contribution in [0.25, 0.3) is 0 Å². The molecule has 2 unspecified atom stereocenters. The molecule has 1 amide bonds. The molecule has 3 N–H and O–H groups in total. The Labute approximate surface area is 462 Å². The zero-order valence-corrected chi connectivity index (χ0v) is 49.8. The Bertz CT molecular complexity index is 1200. The van der Waals surface area contributed by atoms with Gasteiger partial charge in [0.25, 0.3) is 0 Å². The molecule has 0 aromatic rings. The van der Waals surface area contributed by atoms with E-state index < -0.39 is 12.1 Å². The summed E-state index contributed by atoms with van der Waals surface area (Å²) in [5.74, 6) is -0.0865. The molecule has 0 rings (SSSR count). The molecule has 0 radical (unpaired) electrons. The summed E-state index contributed by atoms with van der Waals surface area (Å²) < 4.78 is 5.48. The number of aliphatic hydroxyl groups is 2. The monoisotopic (exact) mass is 1040 g/mol. The molecule has 0 aliphatic heterocycles. The molecule has 0 spiro atoms. The van der Waals surface area contributed by atoms with Gasteiger partial charge in [0.2, 0.25) is 5.91 Å². The summed E-state index contributed by atoms with van der Waals surface area (Å²) in [5, 5.41) is 23.2. The number of esters is 1. The first-order chi connectivity index (χ1) is 36.5. The summed E-state index contributed by atoms with van der Waals surface area (Å²) in [7, 11) is 0. The van der Waals surface area contributed by atoms with Crippen molar-refractivity contribution in [2.75, 3.05) is 13.2 Å². The van der Waals surface area contributed by atoms with E-state index in [0.29, 0.717) is 19.4 Å². The van der Waals surface area contributed by atoms with Gasteiger partial charge in [-0.15, -0.1) is 0 Å². The first kappa shape index (κ1) is 72.1. The van der Waals surface area contributed by atoms with Gasteiger partial charge in [0.15, 0.2) is 0 Å². The normalized spacial score (nSPS) is 12.8. The predicted molar refractivity (Wildman–Crippen MR) is 324 cm³/mol. The van der Waals surface area contributed by atoms with Gasteiger partial charge in [-0.05, 0) is 83.5 Å². The SMILES string of the molecule is CCCCCCCCC/C=C\CCCCCCCC(=O)OCCCCCCCC/C=C\CCCCCCCCCC(=O)NC(CO)C(O)/C=C/CCCCCCCCCCCCCCCCCCCCCCCC. The van der Waals surface area contributed by atoms with E-state index in [0.717, 1.165) is 57.8 Å². The van der Waals surface area contributed by atoms with Gasteiger partial charge in [-0.2, -0.15) is 0 Å². The number of allylic oxidation sites excluding steroid dienone is 5. The largest absolute Gasteiger partial charge is 0.466 e. The second-order valence-electron chi connectivity index (χ2n) is 22.8. The van der Waals surface area contributed by atoms with Crippen LogP contribution in [0.2, 0.25) is 0 Å². The predicted octanol–water partition coefficient (Wildman–Crippen LogP) is 21.1. The number of ether oxygens (including phenoxy) is 1. The topological polar surface area (TPSA) is 95.9 Å².